The molecule has 1 fully saturated rings. The molecule has 1 aliphatic rings. The van der Waals surface area contributed by atoms with Crippen LogP contribution in [-0.2, 0) is 0 Å². The van der Waals surface area contributed by atoms with E-state index in [-0.39, 0.29) is 12.4 Å². The van der Waals surface area contributed by atoms with Crippen molar-refractivity contribution in [3.05, 3.63) is 0 Å². The third-order valence-corrected chi connectivity index (χ3v) is 2.45. The summed E-state index contributed by atoms with van der Waals surface area (Å²) < 4.78 is 0. The van der Waals surface area contributed by atoms with Crippen LogP contribution in [0.5, 0.6) is 0 Å². The summed E-state index contributed by atoms with van der Waals surface area (Å²) >= 11 is 1.99. The lowest BCUT2D eigenvalue weighted by atomic mass is 10.2. The van der Waals surface area contributed by atoms with Crippen molar-refractivity contribution in [1.82, 2.24) is 0 Å². The molecule has 1 saturated heterocycles. The molecule has 1 aliphatic heterocycles. The Morgan fingerprint density at radius 1 is 1.57 bits per heavy atom. The summed E-state index contributed by atoms with van der Waals surface area (Å²) in [4.78, 5) is 0. The molecule has 0 aromatic heterocycles. The SMILES string of the molecule is Cl.NCC1CSC1. The lowest BCUT2D eigenvalue weighted by Gasteiger charge is -2.22. The fraction of sp³-hybridized carbons (Fsp3) is 1.00. The number of hydrogen-bond acceptors (Lipinski definition) is 2. The van der Waals surface area contributed by atoms with Crippen LogP contribution in [0.25, 0.3) is 0 Å². The molecule has 0 unspecified atom stereocenters. The Kier molecular flexibility index (Phi) is 3.89. The summed E-state index contributed by atoms with van der Waals surface area (Å²) in [6.45, 7) is 0.896. The third-order valence-electron chi connectivity index (χ3n) is 1.04. The van der Waals surface area contributed by atoms with E-state index in [0.717, 1.165) is 12.5 Å². The van der Waals surface area contributed by atoms with Crippen LogP contribution in [0.2, 0.25) is 0 Å². The lowest BCUT2D eigenvalue weighted by Crippen LogP contribution is -2.26. The molecule has 1 heterocycles. The maximum absolute atomic E-state index is 5.32. The molecule has 0 radical (unpaired) electrons. The molecule has 0 aromatic rings. The van der Waals surface area contributed by atoms with Gasteiger partial charge in [-0.3, -0.25) is 0 Å². The molecule has 44 valence electrons. The Hall–Kier alpha value is 0.600. The highest BCUT2D eigenvalue weighted by molar-refractivity contribution is 8.00. The van der Waals surface area contributed by atoms with Crippen molar-refractivity contribution >= 4 is 24.2 Å². The van der Waals surface area contributed by atoms with E-state index >= 15 is 0 Å². The first-order chi connectivity index (χ1) is 2.93. The zero-order chi connectivity index (χ0) is 4.41. The highest BCUT2D eigenvalue weighted by Gasteiger charge is 2.14. The van der Waals surface area contributed by atoms with Crippen LogP contribution in [0.4, 0.5) is 0 Å². The van der Waals surface area contributed by atoms with Gasteiger partial charge >= 0.3 is 0 Å². The number of rotatable bonds is 1. The molecule has 0 bridgehead atoms. The van der Waals surface area contributed by atoms with E-state index < -0.39 is 0 Å². The largest absolute Gasteiger partial charge is 0.330 e. The van der Waals surface area contributed by atoms with Crippen LogP contribution >= 0.6 is 24.2 Å². The Balaban J connectivity index is 0.000000360. The molecule has 3 heteroatoms. The zero-order valence-corrected chi connectivity index (χ0v) is 5.73. The molecule has 0 saturated carbocycles. The Labute approximate surface area is 54.4 Å². The second kappa shape index (κ2) is 3.58. The Morgan fingerprint density at radius 2 is 2.14 bits per heavy atom. The van der Waals surface area contributed by atoms with Gasteiger partial charge in [0, 0.05) is 0 Å². The topological polar surface area (TPSA) is 26.0 Å². The predicted octanol–water partition coefficient (Wildman–Crippen LogP) is 0.730. The average Bonchev–Trinajstić information content (AvgIpc) is 1.31. The van der Waals surface area contributed by atoms with Crippen LogP contribution in [-0.4, -0.2) is 18.1 Å². The molecule has 2 N–H and O–H groups in total. The average molecular weight is 140 g/mol. The van der Waals surface area contributed by atoms with Gasteiger partial charge in [-0.15, -0.1) is 12.4 Å². The minimum absolute atomic E-state index is 0. The van der Waals surface area contributed by atoms with Gasteiger partial charge in [0.2, 0.25) is 0 Å². The van der Waals surface area contributed by atoms with Gasteiger partial charge in [-0.05, 0) is 24.0 Å². The monoisotopic (exact) mass is 139 g/mol. The molecule has 7 heavy (non-hydrogen) atoms. The lowest BCUT2D eigenvalue weighted by molar-refractivity contribution is 0.654. The zero-order valence-electron chi connectivity index (χ0n) is 4.09. The van der Waals surface area contributed by atoms with E-state index in [2.05, 4.69) is 0 Å². The van der Waals surface area contributed by atoms with Gasteiger partial charge in [0.25, 0.3) is 0 Å². The third kappa shape index (κ3) is 1.89. The van der Waals surface area contributed by atoms with Crippen molar-refractivity contribution in [2.75, 3.05) is 18.1 Å². The first-order valence-corrected chi connectivity index (χ1v) is 3.37. The van der Waals surface area contributed by atoms with Crippen molar-refractivity contribution in [2.24, 2.45) is 11.7 Å². The van der Waals surface area contributed by atoms with Gasteiger partial charge in [-0.2, -0.15) is 11.8 Å². The van der Waals surface area contributed by atoms with Gasteiger partial charge in [-0.1, -0.05) is 0 Å². The van der Waals surface area contributed by atoms with Crippen molar-refractivity contribution < 1.29 is 0 Å². The molecule has 0 aliphatic carbocycles. The molecule has 0 aromatic carbocycles. The standard InChI is InChI=1S/C4H9NS.ClH/c5-1-4-2-6-3-4;/h4H,1-3,5H2;1H. The van der Waals surface area contributed by atoms with E-state index in [1.165, 1.54) is 11.5 Å². The van der Waals surface area contributed by atoms with Crippen molar-refractivity contribution in [1.29, 1.82) is 0 Å². The highest BCUT2D eigenvalue weighted by atomic mass is 35.5. The molecular weight excluding hydrogens is 130 g/mol. The second-order valence-electron chi connectivity index (χ2n) is 1.64. The minimum atomic E-state index is 0. The van der Waals surface area contributed by atoms with Crippen molar-refractivity contribution in [2.45, 2.75) is 0 Å². The van der Waals surface area contributed by atoms with Crippen LogP contribution < -0.4 is 5.73 Å². The molecule has 0 spiro atoms. The van der Waals surface area contributed by atoms with Gasteiger partial charge in [-0.25, -0.2) is 0 Å². The predicted molar refractivity (Wildman–Crippen MR) is 37.1 cm³/mol. The quantitative estimate of drug-likeness (QED) is 0.580. The molecule has 0 atom stereocenters. The molecule has 1 rings (SSSR count). The normalized spacial score (nSPS) is 20.1. The number of halogens is 1. The number of hydrogen-bond donors (Lipinski definition) is 1. The molecule has 0 amide bonds. The Morgan fingerprint density at radius 3 is 2.14 bits per heavy atom. The smallest absolute Gasteiger partial charge is 0.00191 e. The number of nitrogens with two attached hydrogens (primary N) is 1. The number of thioether (sulfide) groups is 1. The molecular formula is C4H10ClNS. The summed E-state index contributed by atoms with van der Waals surface area (Å²) in [6, 6.07) is 0. The first-order valence-electron chi connectivity index (χ1n) is 2.21. The second-order valence-corrected chi connectivity index (χ2v) is 2.71. The van der Waals surface area contributed by atoms with Gasteiger partial charge in [0.15, 0.2) is 0 Å². The van der Waals surface area contributed by atoms with Gasteiger partial charge < -0.3 is 5.73 Å². The summed E-state index contributed by atoms with van der Waals surface area (Å²) in [6.07, 6.45) is 0. The van der Waals surface area contributed by atoms with Crippen LogP contribution in [0.1, 0.15) is 0 Å². The van der Waals surface area contributed by atoms with E-state index in [9.17, 15) is 0 Å². The summed E-state index contributed by atoms with van der Waals surface area (Å²) in [5.74, 6) is 3.46. The maximum Gasteiger partial charge on any atom is -0.00191 e. The van der Waals surface area contributed by atoms with E-state index in [1.807, 2.05) is 11.8 Å². The van der Waals surface area contributed by atoms with E-state index in [1.54, 1.807) is 0 Å². The maximum atomic E-state index is 5.32. The van der Waals surface area contributed by atoms with Crippen molar-refractivity contribution in [3.8, 4) is 0 Å². The van der Waals surface area contributed by atoms with Crippen LogP contribution in [0.3, 0.4) is 0 Å². The molecule has 1 nitrogen and oxygen atoms in total. The van der Waals surface area contributed by atoms with Crippen LogP contribution in [0, 0.1) is 5.92 Å². The van der Waals surface area contributed by atoms with E-state index in [4.69, 9.17) is 5.73 Å². The summed E-state index contributed by atoms with van der Waals surface area (Å²) in [5, 5.41) is 0. The summed E-state index contributed by atoms with van der Waals surface area (Å²) in [7, 11) is 0. The fourth-order valence-corrected chi connectivity index (χ4v) is 1.26. The first kappa shape index (κ1) is 7.60. The van der Waals surface area contributed by atoms with Gasteiger partial charge in [0.05, 0.1) is 0 Å². The van der Waals surface area contributed by atoms with Crippen LogP contribution in [0.15, 0.2) is 0 Å². The summed E-state index contributed by atoms with van der Waals surface area (Å²) in [5.41, 5.74) is 5.32. The fourth-order valence-electron chi connectivity index (χ4n) is 0.421. The highest BCUT2D eigenvalue weighted by Crippen LogP contribution is 2.22. The van der Waals surface area contributed by atoms with Gasteiger partial charge in [0.1, 0.15) is 0 Å². The van der Waals surface area contributed by atoms with Crippen molar-refractivity contribution in [3.63, 3.8) is 0 Å². The minimum Gasteiger partial charge on any atom is -0.330 e. The Bertz CT molecular complexity index is 44.2. The van der Waals surface area contributed by atoms with E-state index in [0.29, 0.717) is 0 Å².